The van der Waals surface area contributed by atoms with Gasteiger partial charge in [0.2, 0.25) is 0 Å². The SMILES string of the molecule is Cc1ccc(Cl)cc1NC1CC(C(=O)O)C1. The highest BCUT2D eigenvalue weighted by atomic mass is 35.5. The van der Waals surface area contributed by atoms with E-state index < -0.39 is 5.97 Å². The maximum atomic E-state index is 10.7. The van der Waals surface area contributed by atoms with Crippen molar-refractivity contribution < 1.29 is 9.90 Å². The lowest BCUT2D eigenvalue weighted by atomic mass is 9.80. The predicted molar refractivity (Wildman–Crippen MR) is 64.0 cm³/mol. The van der Waals surface area contributed by atoms with E-state index in [-0.39, 0.29) is 12.0 Å². The van der Waals surface area contributed by atoms with Crippen molar-refractivity contribution in [1.29, 1.82) is 0 Å². The summed E-state index contributed by atoms with van der Waals surface area (Å²) in [5.74, 6) is -0.877. The van der Waals surface area contributed by atoms with Gasteiger partial charge < -0.3 is 10.4 Å². The first-order valence-electron chi connectivity index (χ1n) is 5.32. The van der Waals surface area contributed by atoms with Gasteiger partial charge >= 0.3 is 5.97 Å². The van der Waals surface area contributed by atoms with Gasteiger partial charge in [0.25, 0.3) is 0 Å². The molecule has 0 saturated heterocycles. The number of aryl methyl sites for hydroxylation is 1. The van der Waals surface area contributed by atoms with Crippen LogP contribution in [0.4, 0.5) is 5.69 Å². The van der Waals surface area contributed by atoms with Crippen molar-refractivity contribution in [2.75, 3.05) is 5.32 Å². The lowest BCUT2D eigenvalue weighted by molar-refractivity contribution is -0.144. The van der Waals surface area contributed by atoms with Crippen molar-refractivity contribution in [3.63, 3.8) is 0 Å². The Hall–Kier alpha value is -1.22. The van der Waals surface area contributed by atoms with Crippen molar-refractivity contribution >= 4 is 23.3 Å². The maximum Gasteiger partial charge on any atom is 0.306 e. The second-order valence-corrected chi connectivity index (χ2v) is 4.74. The van der Waals surface area contributed by atoms with Crippen LogP contribution in [0.25, 0.3) is 0 Å². The monoisotopic (exact) mass is 239 g/mol. The van der Waals surface area contributed by atoms with E-state index >= 15 is 0 Å². The second-order valence-electron chi connectivity index (χ2n) is 4.31. The first kappa shape index (κ1) is 11.3. The fourth-order valence-corrected chi connectivity index (χ4v) is 2.08. The number of carbonyl (C=O) groups is 1. The van der Waals surface area contributed by atoms with Crippen LogP contribution < -0.4 is 5.32 Å². The molecule has 0 atom stereocenters. The molecule has 0 aliphatic heterocycles. The summed E-state index contributed by atoms with van der Waals surface area (Å²) in [6.45, 7) is 2.01. The summed E-state index contributed by atoms with van der Waals surface area (Å²) in [7, 11) is 0. The van der Waals surface area contributed by atoms with Gasteiger partial charge in [-0.15, -0.1) is 0 Å². The minimum atomic E-state index is -0.694. The number of benzene rings is 1. The second kappa shape index (κ2) is 4.34. The van der Waals surface area contributed by atoms with E-state index in [2.05, 4.69) is 5.32 Å². The third-order valence-corrected chi connectivity index (χ3v) is 3.28. The Morgan fingerprint density at radius 2 is 2.19 bits per heavy atom. The Bertz CT molecular complexity index is 413. The first-order chi connectivity index (χ1) is 7.56. The number of hydrogen-bond donors (Lipinski definition) is 2. The Labute approximate surface area is 99.4 Å². The van der Waals surface area contributed by atoms with Crippen LogP contribution in [-0.2, 0) is 4.79 Å². The summed E-state index contributed by atoms with van der Waals surface area (Å²) in [6.07, 6.45) is 1.39. The lowest BCUT2D eigenvalue weighted by Crippen LogP contribution is -2.39. The molecule has 3 nitrogen and oxygen atoms in total. The van der Waals surface area contributed by atoms with Crippen LogP contribution >= 0.6 is 11.6 Å². The fourth-order valence-electron chi connectivity index (χ4n) is 1.91. The summed E-state index contributed by atoms with van der Waals surface area (Å²) in [5, 5.41) is 12.8. The molecule has 2 N–H and O–H groups in total. The summed E-state index contributed by atoms with van der Waals surface area (Å²) in [5.41, 5.74) is 2.13. The molecular formula is C12H14ClNO2. The molecule has 0 unspecified atom stereocenters. The van der Waals surface area contributed by atoms with Crippen molar-refractivity contribution in [2.24, 2.45) is 5.92 Å². The van der Waals surface area contributed by atoms with Crippen LogP contribution in [0.15, 0.2) is 18.2 Å². The average Bonchev–Trinajstić information content (AvgIpc) is 2.15. The molecule has 1 aromatic rings. The van der Waals surface area contributed by atoms with Crippen LogP contribution in [0.5, 0.6) is 0 Å². The minimum absolute atomic E-state index is 0.183. The van der Waals surface area contributed by atoms with E-state index in [0.717, 1.165) is 11.3 Å². The largest absolute Gasteiger partial charge is 0.481 e. The molecule has 16 heavy (non-hydrogen) atoms. The molecular weight excluding hydrogens is 226 g/mol. The zero-order valence-electron chi connectivity index (χ0n) is 9.03. The van der Waals surface area contributed by atoms with Gasteiger partial charge in [-0.3, -0.25) is 4.79 Å². The number of rotatable bonds is 3. The van der Waals surface area contributed by atoms with Crippen molar-refractivity contribution in [3.8, 4) is 0 Å². The number of nitrogens with one attached hydrogen (secondary N) is 1. The lowest BCUT2D eigenvalue weighted by Gasteiger charge is -2.34. The van der Waals surface area contributed by atoms with E-state index in [9.17, 15) is 4.79 Å². The van der Waals surface area contributed by atoms with Crippen molar-refractivity contribution in [3.05, 3.63) is 28.8 Å². The highest BCUT2D eigenvalue weighted by Crippen LogP contribution is 2.31. The Morgan fingerprint density at radius 1 is 1.50 bits per heavy atom. The van der Waals surface area contributed by atoms with Crippen LogP contribution in [-0.4, -0.2) is 17.1 Å². The predicted octanol–water partition coefficient (Wildman–Crippen LogP) is 2.92. The average molecular weight is 240 g/mol. The Balaban J connectivity index is 1.96. The fraction of sp³-hybridized carbons (Fsp3) is 0.417. The van der Waals surface area contributed by atoms with Crippen molar-refractivity contribution in [2.45, 2.75) is 25.8 Å². The van der Waals surface area contributed by atoms with E-state index in [1.807, 2.05) is 25.1 Å². The van der Waals surface area contributed by atoms with Gasteiger partial charge in [0.05, 0.1) is 5.92 Å². The molecule has 0 radical (unpaired) electrons. The molecule has 4 heteroatoms. The molecule has 0 aromatic heterocycles. The van der Waals surface area contributed by atoms with Gasteiger partial charge in [0.15, 0.2) is 0 Å². The Kier molecular flexibility index (Phi) is 3.06. The molecule has 0 bridgehead atoms. The number of carboxylic acids is 1. The summed E-state index contributed by atoms with van der Waals surface area (Å²) >= 11 is 5.91. The number of halogens is 1. The molecule has 86 valence electrons. The third kappa shape index (κ3) is 2.30. The standard InChI is InChI=1S/C12H14ClNO2/c1-7-2-3-9(13)6-11(7)14-10-4-8(5-10)12(15)16/h2-3,6,8,10,14H,4-5H2,1H3,(H,15,16). The van der Waals surface area contributed by atoms with E-state index in [0.29, 0.717) is 17.9 Å². The van der Waals surface area contributed by atoms with Gasteiger partial charge in [-0.2, -0.15) is 0 Å². The van der Waals surface area contributed by atoms with E-state index in [4.69, 9.17) is 16.7 Å². The molecule has 1 aliphatic carbocycles. The Morgan fingerprint density at radius 3 is 2.81 bits per heavy atom. The highest BCUT2D eigenvalue weighted by molar-refractivity contribution is 6.30. The third-order valence-electron chi connectivity index (χ3n) is 3.05. The molecule has 1 aromatic carbocycles. The smallest absolute Gasteiger partial charge is 0.306 e. The van der Waals surface area contributed by atoms with Crippen molar-refractivity contribution in [1.82, 2.24) is 0 Å². The topological polar surface area (TPSA) is 49.3 Å². The van der Waals surface area contributed by atoms with Crippen LogP contribution in [0.2, 0.25) is 5.02 Å². The normalized spacial score (nSPS) is 23.6. The summed E-state index contributed by atoms with van der Waals surface area (Å²) in [4.78, 5) is 10.7. The molecule has 2 rings (SSSR count). The van der Waals surface area contributed by atoms with Gasteiger partial charge in [0, 0.05) is 16.8 Å². The molecule has 0 amide bonds. The molecule has 0 spiro atoms. The van der Waals surface area contributed by atoms with Crippen LogP contribution in [0.3, 0.4) is 0 Å². The zero-order valence-corrected chi connectivity index (χ0v) is 9.79. The first-order valence-corrected chi connectivity index (χ1v) is 5.69. The van der Waals surface area contributed by atoms with E-state index in [1.54, 1.807) is 0 Å². The number of carboxylic acid groups (broad SMARTS) is 1. The number of anilines is 1. The number of hydrogen-bond acceptors (Lipinski definition) is 2. The quantitative estimate of drug-likeness (QED) is 0.853. The molecule has 1 saturated carbocycles. The highest BCUT2D eigenvalue weighted by Gasteiger charge is 2.34. The van der Waals surface area contributed by atoms with Crippen LogP contribution in [0.1, 0.15) is 18.4 Å². The zero-order chi connectivity index (χ0) is 11.7. The van der Waals surface area contributed by atoms with Gasteiger partial charge in [-0.25, -0.2) is 0 Å². The number of aliphatic carboxylic acids is 1. The van der Waals surface area contributed by atoms with Gasteiger partial charge in [0.1, 0.15) is 0 Å². The molecule has 0 heterocycles. The molecule has 1 fully saturated rings. The minimum Gasteiger partial charge on any atom is -0.481 e. The van der Waals surface area contributed by atoms with Gasteiger partial charge in [-0.1, -0.05) is 17.7 Å². The summed E-state index contributed by atoms with van der Waals surface area (Å²) < 4.78 is 0. The molecule has 1 aliphatic rings. The summed E-state index contributed by atoms with van der Waals surface area (Å²) in [6, 6.07) is 5.95. The van der Waals surface area contributed by atoms with Crippen LogP contribution in [0, 0.1) is 12.8 Å². The van der Waals surface area contributed by atoms with Gasteiger partial charge in [-0.05, 0) is 37.5 Å². The maximum absolute atomic E-state index is 10.7. The van der Waals surface area contributed by atoms with E-state index in [1.165, 1.54) is 0 Å².